The van der Waals surface area contributed by atoms with E-state index in [-0.39, 0.29) is 23.7 Å². The van der Waals surface area contributed by atoms with Crippen molar-refractivity contribution in [2.75, 3.05) is 38.6 Å². The normalized spacial score (nSPS) is 20.5. The van der Waals surface area contributed by atoms with E-state index in [0.717, 1.165) is 11.2 Å². The van der Waals surface area contributed by atoms with Crippen molar-refractivity contribution in [3.05, 3.63) is 77.5 Å². The molecule has 2 aliphatic heterocycles. The molecular formula is C26H28F3N5O2. The van der Waals surface area contributed by atoms with Gasteiger partial charge in [0.25, 0.3) is 5.91 Å². The molecule has 3 heterocycles. The number of carbonyl (C=O) groups is 1. The monoisotopic (exact) mass is 499 g/mol. The van der Waals surface area contributed by atoms with Gasteiger partial charge < -0.3 is 15.0 Å². The van der Waals surface area contributed by atoms with Gasteiger partial charge in [0, 0.05) is 39.1 Å². The number of fused-ring (bicyclic) bond motifs is 1. The lowest BCUT2D eigenvalue weighted by Gasteiger charge is -2.36. The van der Waals surface area contributed by atoms with Crippen LogP contribution in [0.5, 0.6) is 5.75 Å². The molecule has 0 saturated carbocycles. The third-order valence-electron chi connectivity index (χ3n) is 6.90. The quantitative estimate of drug-likeness (QED) is 0.560. The molecule has 5 rings (SSSR count). The topological polar surface area (TPSA) is 62.6 Å². The molecule has 2 atom stereocenters. The molecule has 10 heteroatoms. The third kappa shape index (κ3) is 4.90. The van der Waals surface area contributed by atoms with Crippen molar-refractivity contribution in [3.8, 4) is 5.75 Å². The molecule has 1 amide bonds. The van der Waals surface area contributed by atoms with Crippen LogP contribution < -0.4 is 10.1 Å². The molecular weight excluding hydrogens is 471 g/mol. The highest BCUT2D eigenvalue weighted by Crippen LogP contribution is 2.44. The second-order valence-corrected chi connectivity index (χ2v) is 9.17. The minimum atomic E-state index is -4.50. The van der Waals surface area contributed by atoms with Gasteiger partial charge >= 0.3 is 6.18 Å². The molecule has 0 spiro atoms. The number of rotatable bonds is 5. The summed E-state index contributed by atoms with van der Waals surface area (Å²) in [4.78, 5) is 17.4. The van der Waals surface area contributed by atoms with Crippen LogP contribution in [0.15, 0.2) is 60.8 Å². The van der Waals surface area contributed by atoms with Crippen molar-refractivity contribution in [2.45, 2.75) is 31.2 Å². The van der Waals surface area contributed by atoms with Crippen molar-refractivity contribution < 1.29 is 22.7 Å². The fourth-order valence-electron chi connectivity index (χ4n) is 4.89. The molecule has 0 radical (unpaired) electrons. The number of halogens is 3. The average Bonchev–Trinajstić information content (AvgIpc) is 3.32. The molecule has 36 heavy (non-hydrogen) atoms. The molecule has 190 valence electrons. The molecule has 3 aromatic rings. The van der Waals surface area contributed by atoms with Crippen LogP contribution in [0.4, 0.5) is 19.0 Å². The first-order chi connectivity index (χ1) is 17.3. The number of ether oxygens (including phenoxy) is 1. The molecule has 0 bridgehead atoms. The molecule has 2 aliphatic rings. The van der Waals surface area contributed by atoms with E-state index in [2.05, 4.69) is 27.4 Å². The van der Waals surface area contributed by atoms with E-state index in [0.29, 0.717) is 37.5 Å². The third-order valence-corrected chi connectivity index (χ3v) is 6.90. The SMILES string of the molecule is COc1ccc([C@@H]2C[C@H](C(F)(F)F)n3ncc(C(=O)N4CCN(Cc5ccccc5)CC4)c3N2)cc1. The van der Waals surface area contributed by atoms with E-state index in [4.69, 9.17) is 4.74 Å². The summed E-state index contributed by atoms with van der Waals surface area (Å²) >= 11 is 0. The second-order valence-electron chi connectivity index (χ2n) is 9.17. The van der Waals surface area contributed by atoms with Gasteiger partial charge in [-0.05, 0) is 23.3 Å². The fraction of sp³-hybridized carbons (Fsp3) is 0.385. The smallest absolute Gasteiger partial charge is 0.410 e. The Morgan fingerprint density at radius 2 is 1.75 bits per heavy atom. The first-order valence-corrected chi connectivity index (χ1v) is 11.9. The van der Waals surface area contributed by atoms with Crippen LogP contribution in [-0.2, 0) is 6.54 Å². The number of piperazine rings is 1. The van der Waals surface area contributed by atoms with Gasteiger partial charge in [0.05, 0.1) is 19.3 Å². The van der Waals surface area contributed by atoms with E-state index in [9.17, 15) is 18.0 Å². The molecule has 1 aromatic heterocycles. The maximum Gasteiger partial charge on any atom is 0.410 e. The molecule has 0 unspecified atom stereocenters. The number of alkyl halides is 3. The Morgan fingerprint density at radius 1 is 1.06 bits per heavy atom. The Morgan fingerprint density at radius 3 is 2.39 bits per heavy atom. The van der Waals surface area contributed by atoms with Crippen molar-refractivity contribution in [3.63, 3.8) is 0 Å². The Bertz CT molecular complexity index is 1190. The molecule has 1 N–H and O–H groups in total. The van der Waals surface area contributed by atoms with Crippen LogP contribution in [0.2, 0.25) is 0 Å². The maximum absolute atomic E-state index is 14.0. The maximum atomic E-state index is 14.0. The Kier molecular flexibility index (Phi) is 6.61. The highest BCUT2D eigenvalue weighted by atomic mass is 19.4. The lowest BCUT2D eigenvalue weighted by atomic mass is 9.96. The minimum Gasteiger partial charge on any atom is -0.497 e. The van der Waals surface area contributed by atoms with Crippen LogP contribution in [-0.4, -0.2) is 65.0 Å². The van der Waals surface area contributed by atoms with Crippen LogP contribution in [0, 0.1) is 0 Å². The van der Waals surface area contributed by atoms with Gasteiger partial charge in [-0.1, -0.05) is 42.5 Å². The van der Waals surface area contributed by atoms with Gasteiger partial charge in [-0.15, -0.1) is 0 Å². The summed E-state index contributed by atoms with van der Waals surface area (Å²) < 4.78 is 48.1. The van der Waals surface area contributed by atoms with E-state index in [1.54, 1.807) is 29.2 Å². The highest BCUT2D eigenvalue weighted by molar-refractivity contribution is 5.99. The van der Waals surface area contributed by atoms with Crippen molar-refractivity contribution in [1.82, 2.24) is 19.6 Å². The van der Waals surface area contributed by atoms with E-state index >= 15 is 0 Å². The van der Waals surface area contributed by atoms with Gasteiger partial charge in [-0.25, -0.2) is 4.68 Å². The Labute approximate surface area is 207 Å². The molecule has 2 aromatic carbocycles. The number of hydrogen-bond acceptors (Lipinski definition) is 5. The first-order valence-electron chi connectivity index (χ1n) is 11.9. The standard InChI is InChI=1S/C26H28F3N5O2/c1-36-20-9-7-19(8-10-20)22-15-23(26(27,28)29)34-24(31-22)21(16-30-34)25(35)33-13-11-32(12-14-33)17-18-5-3-2-4-6-18/h2-10,16,22-23,31H,11-15,17H2,1H3/t22-,23+/m0/s1. The summed E-state index contributed by atoms with van der Waals surface area (Å²) in [5.74, 6) is 0.426. The fourth-order valence-corrected chi connectivity index (χ4v) is 4.89. The summed E-state index contributed by atoms with van der Waals surface area (Å²) in [7, 11) is 1.53. The van der Waals surface area contributed by atoms with Gasteiger partial charge in [-0.3, -0.25) is 9.69 Å². The number of hydrogen-bond donors (Lipinski definition) is 1. The summed E-state index contributed by atoms with van der Waals surface area (Å²) in [5, 5.41) is 7.17. The number of nitrogens with one attached hydrogen (secondary N) is 1. The number of amides is 1. The second kappa shape index (κ2) is 9.85. The number of benzene rings is 2. The minimum absolute atomic E-state index is 0.112. The average molecular weight is 500 g/mol. The molecule has 0 aliphatic carbocycles. The number of methoxy groups -OCH3 is 1. The van der Waals surface area contributed by atoms with Crippen molar-refractivity contribution >= 4 is 11.7 Å². The Balaban J connectivity index is 1.34. The number of aromatic nitrogens is 2. The summed E-state index contributed by atoms with van der Waals surface area (Å²) in [6.45, 7) is 3.18. The van der Waals surface area contributed by atoms with Crippen molar-refractivity contribution in [2.24, 2.45) is 0 Å². The zero-order chi connectivity index (χ0) is 25.3. The summed E-state index contributed by atoms with van der Waals surface area (Å²) in [5.41, 5.74) is 2.05. The zero-order valence-electron chi connectivity index (χ0n) is 19.9. The first kappa shape index (κ1) is 24.2. The predicted octanol–water partition coefficient (Wildman–Crippen LogP) is 4.51. The van der Waals surface area contributed by atoms with E-state index in [1.807, 2.05) is 18.2 Å². The van der Waals surface area contributed by atoms with Crippen LogP contribution in [0.3, 0.4) is 0 Å². The van der Waals surface area contributed by atoms with Gasteiger partial charge in [0.1, 0.15) is 17.1 Å². The highest BCUT2D eigenvalue weighted by Gasteiger charge is 2.47. The number of anilines is 1. The van der Waals surface area contributed by atoms with E-state index in [1.165, 1.54) is 18.9 Å². The number of carbonyl (C=O) groups excluding carboxylic acids is 1. The van der Waals surface area contributed by atoms with Gasteiger partial charge in [-0.2, -0.15) is 18.3 Å². The van der Waals surface area contributed by atoms with Crippen LogP contribution >= 0.6 is 0 Å². The van der Waals surface area contributed by atoms with Crippen LogP contribution in [0.25, 0.3) is 0 Å². The van der Waals surface area contributed by atoms with Crippen molar-refractivity contribution in [1.29, 1.82) is 0 Å². The van der Waals surface area contributed by atoms with Gasteiger partial charge in [0.2, 0.25) is 0 Å². The predicted molar refractivity (Wildman–Crippen MR) is 129 cm³/mol. The number of nitrogens with zero attached hydrogens (tertiary/aromatic N) is 4. The molecule has 7 nitrogen and oxygen atoms in total. The lowest BCUT2D eigenvalue weighted by molar-refractivity contribution is -0.173. The van der Waals surface area contributed by atoms with Crippen LogP contribution in [0.1, 0.15) is 40.0 Å². The Hall–Kier alpha value is -3.53. The van der Waals surface area contributed by atoms with Gasteiger partial charge in [0.15, 0.2) is 6.04 Å². The largest absolute Gasteiger partial charge is 0.497 e. The summed E-state index contributed by atoms with van der Waals surface area (Å²) in [6, 6.07) is 14.6. The summed E-state index contributed by atoms with van der Waals surface area (Å²) in [6.07, 6.45) is -3.47. The zero-order valence-corrected chi connectivity index (χ0v) is 19.9. The molecule has 1 fully saturated rings. The lowest BCUT2D eigenvalue weighted by Crippen LogP contribution is -2.48. The molecule has 1 saturated heterocycles. The van der Waals surface area contributed by atoms with E-state index < -0.39 is 18.3 Å².